The van der Waals surface area contributed by atoms with Crippen molar-refractivity contribution in [3.05, 3.63) is 51.7 Å². The van der Waals surface area contributed by atoms with E-state index >= 15 is 0 Å². The Morgan fingerprint density at radius 1 is 1.38 bits per heavy atom. The maximum atomic E-state index is 11.4. The summed E-state index contributed by atoms with van der Waals surface area (Å²) >= 11 is 0. The largest absolute Gasteiger partial charge is 0.326 e. The molecule has 0 fully saturated rings. The minimum absolute atomic E-state index is 0.0106. The van der Waals surface area contributed by atoms with Gasteiger partial charge in [0.2, 0.25) is 5.56 Å². The Morgan fingerprint density at radius 3 is 3.12 bits per heavy atom. The lowest BCUT2D eigenvalue weighted by Crippen LogP contribution is -2.15. The van der Waals surface area contributed by atoms with Crippen LogP contribution in [-0.2, 0) is 12.8 Å². The molecular weight excluding hydrogens is 200 g/mol. The molecule has 2 heterocycles. The first-order valence-electron chi connectivity index (χ1n) is 5.42. The second-order valence-electron chi connectivity index (χ2n) is 4.20. The Labute approximate surface area is 93.2 Å². The molecule has 1 aliphatic rings. The van der Waals surface area contributed by atoms with Crippen molar-refractivity contribution in [1.82, 2.24) is 9.97 Å². The number of pyridine rings is 2. The smallest absolute Gasteiger partial charge is 0.248 e. The average molecular weight is 212 g/mol. The molecule has 3 rings (SSSR count). The predicted octanol–water partition coefficient (Wildman–Crippen LogP) is 1.84. The molecule has 3 heteroatoms. The third-order valence-electron chi connectivity index (χ3n) is 3.14. The molecular formula is C13H12N2O. The molecule has 0 atom stereocenters. The highest BCUT2D eigenvalue weighted by molar-refractivity contribution is 5.73. The van der Waals surface area contributed by atoms with Crippen LogP contribution in [0.4, 0.5) is 0 Å². The molecule has 16 heavy (non-hydrogen) atoms. The van der Waals surface area contributed by atoms with E-state index < -0.39 is 0 Å². The lowest BCUT2D eigenvalue weighted by molar-refractivity contribution is 0.879. The van der Waals surface area contributed by atoms with E-state index in [1.54, 1.807) is 6.07 Å². The molecule has 0 aromatic carbocycles. The van der Waals surface area contributed by atoms with Gasteiger partial charge >= 0.3 is 0 Å². The first kappa shape index (κ1) is 9.33. The Hall–Kier alpha value is -1.90. The molecule has 2 aromatic rings. The van der Waals surface area contributed by atoms with Crippen molar-refractivity contribution in [2.24, 2.45) is 0 Å². The van der Waals surface area contributed by atoms with Crippen molar-refractivity contribution < 1.29 is 0 Å². The first-order valence-corrected chi connectivity index (χ1v) is 5.42. The van der Waals surface area contributed by atoms with E-state index in [1.165, 1.54) is 5.56 Å². The summed E-state index contributed by atoms with van der Waals surface area (Å²) in [5, 5.41) is 0. The molecule has 0 spiro atoms. The number of aromatic amines is 1. The summed E-state index contributed by atoms with van der Waals surface area (Å²) in [7, 11) is 0. The Bertz CT molecular complexity index is 614. The van der Waals surface area contributed by atoms with Gasteiger partial charge in [0.15, 0.2) is 0 Å². The maximum absolute atomic E-state index is 11.4. The normalized spacial score (nSPS) is 13.1. The van der Waals surface area contributed by atoms with Crippen molar-refractivity contribution in [3.8, 4) is 11.1 Å². The number of hydrogen-bond donors (Lipinski definition) is 1. The highest BCUT2D eigenvalue weighted by Gasteiger charge is 2.18. The van der Waals surface area contributed by atoms with Gasteiger partial charge in [-0.05, 0) is 37.0 Å². The third kappa shape index (κ3) is 1.28. The number of aromatic nitrogens is 2. The molecule has 0 amide bonds. The number of aryl methyl sites for hydroxylation is 3. The zero-order chi connectivity index (χ0) is 11.1. The quantitative estimate of drug-likeness (QED) is 0.724. The highest BCUT2D eigenvalue weighted by atomic mass is 16.1. The van der Waals surface area contributed by atoms with Crippen molar-refractivity contribution in [2.45, 2.75) is 19.8 Å². The van der Waals surface area contributed by atoms with Crippen LogP contribution in [0.2, 0.25) is 0 Å². The van der Waals surface area contributed by atoms with Gasteiger partial charge in [-0.1, -0.05) is 0 Å². The van der Waals surface area contributed by atoms with E-state index in [2.05, 4.69) is 16.0 Å². The maximum Gasteiger partial charge on any atom is 0.248 e. The Balaban J connectivity index is 2.36. The van der Waals surface area contributed by atoms with Gasteiger partial charge in [-0.25, -0.2) is 0 Å². The predicted molar refractivity (Wildman–Crippen MR) is 62.4 cm³/mol. The second kappa shape index (κ2) is 3.30. The van der Waals surface area contributed by atoms with Crippen LogP contribution >= 0.6 is 0 Å². The zero-order valence-corrected chi connectivity index (χ0v) is 9.08. The molecule has 0 saturated carbocycles. The fraction of sp³-hybridized carbons (Fsp3) is 0.231. The standard InChI is InChI=1S/C13H12N2O/c1-8-6-12(16)15-11-3-2-9-4-5-14-7-10(9)13(8)11/h4-7H,2-3H2,1H3,(H,15,16). The summed E-state index contributed by atoms with van der Waals surface area (Å²) in [6.45, 7) is 1.98. The van der Waals surface area contributed by atoms with E-state index in [0.29, 0.717) is 0 Å². The zero-order valence-electron chi connectivity index (χ0n) is 9.08. The summed E-state index contributed by atoms with van der Waals surface area (Å²) in [5.41, 5.74) is 5.71. The molecule has 1 N–H and O–H groups in total. The van der Waals surface area contributed by atoms with E-state index in [-0.39, 0.29) is 5.56 Å². The number of H-pyrrole nitrogens is 1. The van der Waals surface area contributed by atoms with E-state index in [1.807, 2.05) is 19.3 Å². The fourth-order valence-electron chi connectivity index (χ4n) is 2.44. The minimum atomic E-state index is -0.0106. The van der Waals surface area contributed by atoms with Gasteiger partial charge in [0.1, 0.15) is 0 Å². The molecule has 0 unspecified atom stereocenters. The Kier molecular flexibility index (Phi) is 1.93. The van der Waals surface area contributed by atoms with Gasteiger partial charge in [0.05, 0.1) is 0 Å². The molecule has 0 radical (unpaired) electrons. The summed E-state index contributed by atoms with van der Waals surface area (Å²) < 4.78 is 0. The van der Waals surface area contributed by atoms with Gasteiger partial charge in [-0.3, -0.25) is 9.78 Å². The van der Waals surface area contributed by atoms with Crippen molar-refractivity contribution in [1.29, 1.82) is 0 Å². The molecule has 0 aliphatic heterocycles. The van der Waals surface area contributed by atoms with Gasteiger partial charge in [-0.15, -0.1) is 0 Å². The van der Waals surface area contributed by atoms with Crippen LogP contribution < -0.4 is 5.56 Å². The van der Waals surface area contributed by atoms with Crippen LogP contribution in [0.3, 0.4) is 0 Å². The number of hydrogen-bond acceptors (Lipinski definition) is 2. The third-order valence-corrected chi connectivity index (χ3v) is 3.14. The van der Waals surface area contributed by atoms with Gasteiger partial charge < -0.3 is 4.98 Å². The first-order chi connectivity index (χ1) is 7.75. The van der Waals surface area contributed by atoms with Gasteiger partial charge in [-0.2, -0.15) is 0 Å². The van der Waals surface area contributed by atoms with Crippen LogP contribution in [0.25, 0.3) is 11.1 Å². The molecule has 0 saturated heterocycles. The number of nitrogens with one attached hydrogen (secondary N) is 1. The lowest BCUT2D eigenvalue weighted by atomic mass is 9.88. The molecule has 1 aliphatic carbocycles. The lowest BCUT2D eigenvalue weighted by Gasteiger charge is -2.20. The number of nitrogens with zero attached hydrogens (tertiary/aromatic N) is 1. The van der Waals surface area contributed by atoms with Crippen LogP contribution in [-0.4, -0.2) is 9.97 Å². The fourth-order valence-corrected chi connectivity index (χ4v) is 2.44. The monoisotopic (exact) mass is 212 g/mol. The minimum Gasteiger partial charge on any atom is -0.326 e. The SMILES string of the molecule is Cc1cc(=O)[nH]c2c1-c1cnccc1CC2. The van der Waals surface area contributed by atoms with E-state index in [9.17, 15) is 4.79 Å². The number of rotatable bonds is 0. The van der Waals surface area contributed by atoms with Crippen LogP contribution in [0.5, 0.6) is 0 Å². The Morgan fingerprint density at radius 2 is 2.25 bits per heavy atom. The van der Waals surface area contributed by atoms with Crippen LogP contribution in [0, 0.1) is 6.92 Å². The van der Waals surface area contributed by atoms with Gasteiger partial charge in [0.25, 0.3) is 0 Å². The highest BCUT2D eigenvalue weighted by Crippen LogP contribution is 2.32. The van der Waals surface area contributed by atoms with E-state index in [0.717, 1.165) is 35.2 Å². The molecule has 80 valence electrons. The average Bonchev–Trinajstić information content (AvgIpc) is 2.28. The second-order valence-corrected chi connectivity index (χ2v) is 4.20. The van der Waals surface area contributed by atoms with E-state index in [4.69, 9.17) is 0 Å². The van der Waals surface area contributed by atoms with Crippen molar-refractivity contribution >= 4 is 0 Å². The molecule has 2 aromatic heterocycles. The van der Waals surface area contributed by atoms with Crippen LogP contribution in [0.15, 0.2) is 29.3 Å². The summed E-state index contributed by atoms with van der Waals surface area (Å²) in [6, 6.07) is 3.71. The topological polar surface area (TPSA) is 45.8 Å². The molecule has 3 nitrogen and oxygen atoms in total. The van der Waals surface area contributed by atoms with Gasteiger partial charge in [0, 0.05) is 35.3 Å². The number of fused-ring (bicyclic) bond motifs is 3. The summed E-state index contributed by atoms with van der Waals surface area (Å²) in [5.74, 6) is 0. The summed E-state index contributed by atoms with van der Waals surface area (Å²) in [6.07, 6.45) is 5.59. The van der Waals surface area contributed by atoms with Crippen molar-refractivity contribution in [3.63, 3.8) is 0 Å². The van der Waals surface area contributed by atoms with Crippen molar-refractivity contribution in [2.75, 3.05) is 0 Å². The van der Waals surface area contributed by atoms with Crippen LogP contribution in [0.1, 0.15) is 16.8 Å². The summed E-state index contributed by atoms with van der Waals surface area (Å²) in [4.78, 5) is 18.5. The molecule has 0 bridgehead atoms.